The molecule has 0 radical (unpaired) electrons. The second-order valence-corrected chi connectivity index (χ2v) is 3.68. The van der Waals surface area contributed by atoms with Gasteiger partial charge in [-0.1, -0.05) is 12.1 Å². The van der Waals surface area contributed by atoms with Crippen molar-refractivity contribution in [1.29, 1.82) is 0 Å². The van der Waals surface area contributed by atoms with Crippen LogP contribution < -0.4 is 0 Å². The molecule has 0 unspecified atom stereocenters. The standard InChI is InChI=1S/C12H13N3O2/c1-9-13-8-15(14-9)7-10-3-5-11(6-4-10)12(16)17-2/h3-6,8H,7H2,1-2H3. The fraction of sp³-hybridized carbons (Fsp3) is 0.250. The van der Waals surface area contributed by atoms with Crippen LogP contribution >= 0.6 is 0 Å². The zero-order valence-electron chi connectivity index (χ0n) is 9.75. The lowest BCUT2D eigenvalue weighted by Crippen LogP contribution is -2.03. The second kappa shape index (κ2) is 4.78. The van der Waals surface area contributed by atoms with Gasteiger partial charge in [-0.05, 0) is 24.6 Å². The van der Waals surface area contributed by atoms with E-state index < -0.39 is 0 Å². The maximum Gasteiger partial charge on any atom is 0.337 e. The maximum absolute atomic E-state index is 11.2. The predicted octanol–water partition coefficient (Wildman–Crippen LogP) is 1.42. The van der Waals surface area contributed by atoms with Crippen molar-refractivity contribution in [3.05, 3.63) is 47.5 Å². The van der Waals surface area contributed by atoms with E-state index in [4.69, 9.17) is 0 Å². The summed E-state index contributed by atoms with van der Waals surface area (Å²) in [4.78, 5) is 15.3. The first-order chi connectivity index (χ1) is 8.19. The predicted molar refractivity (Wildman–Crippen MR) is 61.6 cm³/mol. The molecule has 0 aliphatic heterocycles. The summed E-state index contributed by atoms with van der Waals surface area (Å²) in [5.74, 6) is 0.421. The minimum Gasteiger partial charge on any atom is -0.465 e. The highest BCUT2D eigenvalue weighted by Crippen LogP contribution is 2.07. The van der Waals surface area contributed by atoms with Crippen LogP contribution in [0.4, 0.5) is 0 Å². The highest BCUT2D eigenvalue weighted by molar-refractivity contribution is 5.89. The van der Waals surface area contributed by atoms with Gasteiger partial charge in [-0.2, -0.15) is 5.10 Å². The maximum atomic E-state index is 11.2. The van der Waals surface area contributed by atoms with Crippen LogP contribution in [0, 0.1) is 6.92 Å². The van der Waals surface area contributed by atoms with Crippen LogP contribution in [0.1, 0.15) is 21.7 Å². The molecule has 1 aromatic heterocycles. The average molecular weight is 231 g/mol. The van der Waals surface area contributed by atoms with Crippen molar-refractivity contribution in [3.8, 4) is 0 Å². The molecule has 0 atom stereocenters. The van der Waals surface area contributed by atoms with Gasteiger partial charge in [0.25, 0.3) is 0 Å². The number of nitrogens with zero attached hydrogens (tertiary/aromatic N) is 3. The summed E-state index contributed by atoms with van der Waals surface area (Å²) in [6.07, 6.45) is 1.68. The third-order valence-corrected chi connectivity index (χ3v) is 2.37. The first kappa shape index (κ1) is 11.3. The number of aryl methyl sites for hydroxylation is 1. The molecule has 0 fully saturated rings. The first-order valence-electron chi connectivity index (χ1n) is 5.22. The minimum atomic E-state index is -0.326. The van der Waals surface area contributed by atoms with E-state index in [0.29, 0.717) is 12.1 Å². The average Bonchev–Trinajstić information content (AvgIpc) is 2.75. The Bertz CT molecular complexity index is 517. The number of benzene rings is 1. The van der Waals surface area contributed by atoms with Crippen LogP contribution in [0.25, 0.3) is 0 Å². The van der Waals surface area contributed by atoms with Gasteiger partial charge in [0, 0.05) is 0 Å². The third-order valence-electron chi connectivity index (χ3n) is 2.37. The van der Waals surface area contributed by atoms with Gasteiger partial charge in [0.05, 0.1) is 19.2 Å². The Morgan fingerprint density at radius 1 is 1.35 bits per heavy atom. The summed E-state index contributed by atoms with van der Waals surface area (Å²) in [5.41, 5.74) is 1.61. The van der Waals surface area contributed by atoms with Crippen LogP contribution in [-0.2, 0) is 11.3 Å². The number of ether oxygens (including phenoxy) is 1. The monoisotopic (exact) mass is 231 g/mol. The van der Waals surface area contributed by atoms with Crippen molar-refractivity contribution >= 4 is 5.97 Å². The Kier molecular flexibility index (Phi) is 3.18. The van der Waals surface area contributed by atoms with Crippen LogP contribution in [0.5, 0.6) is 0 Å². The van der Waals surface area contributed by atoms with Crippen molar-refractivity contribution in [1.82, 2.24) is 14.8 Å². The molecule has 88 valence electrons. The summed E-state index contributed by atoms with van der Waals surface area (Å²) in [5, 5.41) is 4.19. The van der Waals surface area contributed by atoms with E-state index in [9.17, 15) is 4.79 Å². The number of aromatic nitrogens is 3. The number of hydrogen-bond donors (Lipinski definition) is 0. The van der Waals surface area contributed by atoms with Gasteiger partial charge < -0.3 is 4.74 Å². The highest BCUT2D eigenvalue weighted by atomic mass is 16.5. The molecule has 1 heterocycles. The van der Waals surface area contributed by atoms with Crippen molar-refractivity contribution in [3.63, 3.8) is 0 Å². The minimum absolute atomic E-state index is 0.326. The third kappa shape index (κ3) is 2.69. The fourth-order valence-electron chi connectivity index (χ4n) is 1.52. The van der Waals surface area contributed by atoms with E-state index >= 15 is 0 Å². The summed E-state index contributed by atoms with van der Waals surface area (Å²) in [6, 6.07) is 7.24. The highest BCUT2D eigenvalue weighted by Gasteiger charge is 2.04. The van der Waals surface area contributed by atoms with Gasteiger partial charge in [0.15, 0.2) is 0 Å². The van der Waals surface area contributed by atoms with E-state index in [-0.39, 0.29) is 5.97 Å². The molecule has 2 aromatic rings. The number of hydrogen-bond acceptors (Lipinski definition) is 4. The molecule has 0 saturated carbocycles. The van der Waals surface area contributed by atoms with Crippen molar-refractivity contribution in [2.75, 3.05) is 7.11 Å². The van der Waals surface area contributed by atoms with Crippen molar-refractivity contribution < 1.29 is 9.53 Å². The number of carbonyl (C=O) groups is 1. The van der Waals surface area contributed by atoms with Crippen LogP contribution in [-0.4, -0.2) is 27.8 Å². The summed E-state index contributed by atoms with van der Waals surface area (Å²) in [7, 11) is 1.37. The van der Waals surface area contributed by atoms with Crippen molar-refractivity contribution in [2.45, 2.75) is 13.5 Å². The zero-order chi connectivity index (χ0) is 12.3. The topological polar surface area (TPSA) is 57.0 Å². The van der Waals surface area contributed by atoms with E-state index in [1.54, 1.807) is 23.1 Å². The molecule has 0 amide bonds. The Morgan fingerprint density at radius 3 is 2.59 bits per heavy atom. The summed E-state index contributed by atoms with van der Waals surface area (Å²) >= 11 is 0. The van der Waals surface area contributed by atoms with Crippen molar-refractivity contribution in [2.24, 2.45) is 0 Å². The molecule has 1 aromatic carbocycles. The number of rotatable bonds is 3. The van der Waals surface area contributed by atoms with E-state index in [2.05, 4.69) is 14.8 Å². The van der Waals surface area contributed by atoms with Gasteiger partial charge >= 0.3 is 5.97 Å². The molecular weight excluding hydrogens is 218 g/mol. The zero-order valence-corrected chi connectivity index (χ0v) is 9.75. The first-order valence-corrected chi connectivity index (χ1v) is 5.22. The van der Waals surface area contributed by atoms with E-state index in [1.807, 2.05) is 19.1 Å². The second-order valence-electron chi connectivity index (χ2n) is 3.68. The number of esters is 1. The number of methoxy groups -OCH3 is 1. The normalized spacial score (nSPS) is 10.2. The van der Waals surface area contributed by atoms with E-state index in [1.165, 1.54) is 7.11 Å². The largest absolute Gasteiger partial charge is 0.465 e. The van der Waals surface area contributed by atoms with E-state index in [0.717, 1.165) is 11.4 Å². The van der Waals surface area contributed by atoms with Gasteiger partial charge in [0.1, 0.15) is 12.2 Å². The molecule has 0 N–H and O–H groups in total. The smallest absolute Gasteiger partial charge is 0.337 e. The van der Waals surface area contributed by atoms with Crippen LogP contribution in [0.2, 0.25) is 0 Å². The lowest BCUT2D eigenvalue weighted by atomic mass is 10.1. The Morgan fingerprint density at radius 2 is 2.06 bits per heavy atom. The van der Waals surface area contributed by atoms with Gasteiger partial charge in [-0.25, -0.2) is 14.5 Å². The van der Waals surface area contributed by atoms with Crippen LogP contribution in [0.3, 0.4) is 0 Å². The quantitative estimate of drug-likeness (QED) is 0.750. The lowest BCUT2D eigenvalue weighted by Gasteiger charge is -2.03. The molecule has 0 saturated heterocycles. The van der Waals surface area contributed by atoms with Gasteiger partial charge in [-0.15, -0.1) is 0 Å². The molecule has 5 nitrogen and oxygen atoms in total. The molecule has 0 aliphatic carbocycles. The molecule has 2 rings (SSSR count). The molecule has 0 bridgehead atoms. The summed E-state index contributed by atoms with van der Waals surface area (Å²) < 4.78 is 6.38. The Balaban J connectivity index is 2.10. The van der Waals surface area contributed by atoms with Gasteiger partial charge in [0.2, 0.25) is 0 Å². The van der Waals surface area contributed by atoms with Crippen LogP contribution in [0.15, 0.2) is 30.6 Å². The molecular formula is C12H13N3O2. The molecule has 5 heteroatoms. The Hall–Kier alpha value is -2.17. The number of carbonyl (C=O) groups excluding carboxylic acids is 1. The Labute approximate surface area is 99.1 Å². The molecule has 17 heavy (non-hydrogen) atoms. The molecule has 0 aliphatic rings. The SMILES string of the molecule is COC(=O)c1ccc(Cn2cnc(C)n2)cc1. The lowest BCUT2D eigenvalue weighted by molar-refractivity contribution is 0.0600. The summed E-state index contributed by atoms with van der Waals surface area (Å²) in [6.45, 7) is 2.49. The molecule has 0 spiro atoms. The fourth-order valence-corrected chi connectivity index (χ4v) is 1.52. The van der Waals surface area contributed by atoms with Gasteiger partial charge in [-0.3, -0.25) is 0 Å².